The molecule has 2 N–H and O–H groups in total. The Labute approximate surface area is 289 Å². The van der Waals surface area contributed by atoms with Gasteiger partial charge in [-0.1, -0.05) is 101 Å². The number of benzene rings is 2. The van der Waals surface area contributed by atoms with Crippen molar-refractivity contribution in [3.05, 3.63) is 71.8 Å². The molecule has 47 heavy (non-hydrogen) atoms. The summed E-state index contributed by atoms with van der Waals surface area (Å²) in [4.78, 5) is 63.7. The summed E-state index contributed by atoms with van der Waals surface area (Å²) in [5, 5.41) is 5.16. The minimum Gasteiger partial charge on any atom is -0.464 e. The van der Waals surface area contributed by atoms with Crippen molar-refractivity contribution in [3.63, 3.8) is 0 Å². The van der Waals surface area contributed by atoms with E-state index in [2.05, 4.69) is 10.6 Å². The number of amides is 2. The Morgan fingerprint density at radius 3 is 1.40 bits per heavy atom. The van der Waals surface area contributed by atoms with Crippen LogP contribution in [0.25, 0.3) is 0 Å². The van der Waals surface area contributed by atoms with E-state index in [0.29, 0.717) is 12.8 Å². The van der Waals surface area contributed by atoms with E-state index in [1.165, 1.54) is 0 Å². The molecule has 0 fully saturated rings. The smallest absolute Gasteiger partial charge is 0.408 e. The van der Waals surface area contributed by atoms with Crippen LogP contribution in [0.5, 0.6) is 0 Å². The summed E-state index contributed by atoms with van der Waals surface area (Å²) in [5.74, 6) is -3.38. The van der Waals surface area contributed by atoms with E-state index in [1.807, 2.05) is 97.1 Å². The van der Waals surface area contributed by atoms with Gasteiger partial charge in [-0.2, -0.15) is 0 Å². The monoisotopic (exact) mass is 768 g/mol. The number of ether oxygens (including phenoxy) is 5. The SMILES string of the molecule is CC[C@H](C)[C@H](NC(=O)OCc1ccccc1)C(=O)OCC(COC(=O)[C@@H](NC(=O)OCc1ccccc1)[C@@H](C)CC)CC(=O)OCI. The van der Waals surface area contributed by atoms with Crippen LogP contribution in [0.3, 0.4) is 0 Å². The van der Waals surface area contributed by atoms with Gasteiger partial charge in [-0.15, -0.1) is 0 Å². The minimum atomic E-state index is -1.02. The average molecular weight is 769 g/mol. The molecule has 0 aliphatic carbocycles. The fraction of sp³-hybridized carbons (Fsp3) is 0.500. The fourth-order valence-electron chi connectivity index (χ4n) is 4.22. The Balaban J connectivity index is 2.01. The Kier molecular flexibility index (Phi) is 18.3. The number of hydrogen-bond donors (Lipinski definition) is 2. The van der Waals surface area contributed by atoms with Crippen molar-refractivity contribution in [2.75, 3.05) is 17.8 Å². The first-order valence-corrected chi connectivity index (χ1v) is 17.1. The minimum absolute atomic E-state index is 0.0263. The van der Waals surface area contributed by atoms with Gasteiger partial charge in [-0.3, -0.25) is 4.79 Å². The first-order valence-electron chi connectivity index (χ1n) is 15.6. The van der Waals surface area contributed by atoms with E-state index in [0.717, 1.165) is 11.1 Å². The van der Waals surface area contributed by atoms with Gasteiger partial charge < -0.3 is 34.3 Å². The maximum atomic E-state index is 13.2. The highest BCUT2D eigenvalue weighted by Crippen LogP contribution is 2.16. The third-order valence-electron chi connectivity index (χ3n) is 7.50. The van der Waals surface area contributed by atoms with Crippen LogP contribution in [-0.4, -0.2) is 60.0 Å². The first-order chi connectivity index (χ1) is 22.6. The van der Waals surface area contributed by atoms with E-state index in [4.69, 9.17) is 23.7 Å². The maximum absolute atomic E-state index is 13.2. The van der Waals surface area contributed by atoms with E-state index in [-0.39, 0.29) is 49.3 Å². The molecular formula is C34H45IN2O10. The zero-order chi connectivity index (χ0) is 34.6. The molecule has 0 bridgehead atoms. The van der Waals surface area contributed by atoms with E-state index < -0.39 is 48.1 Å². The molecule has 4 atom stereocenters. The van der Waals surface area contributed by atoms with Gasteiger partial charge in [0.15, 0.2) is 0 Å². The van der Waals surface area contributed by atoms with Crippen molar-refractivity contribution in [1.29, 1.82) is 0 Å². The van der Waals surface area contributed by atoms with Crippen molar-refractivity contribution in [1.82, 2.24) is 10.6 Å². The van der Waals surface area contributed by atoms with E-state index in [1.54, 1.807) is 13.8 Å². The number of esters is 3. The molecule has 0 aromatic heterocycles. The Hall–Kier alpha value is -3.88. The van der Waals surface area contributed by atoms with Crippen LogP contribution in [0.4, 0.5) is 9.59 Å². The molecule has 0 unspecified atom stereocenters. The van der Waals surface area contributed by atoms with Crippen molar-refractivity contribution >= 4 is 52.7 Å². The number of halogens is 1. The van der Waals surface area contributed by atoms with Gasteiger partial charge in [0.1, 0.15) is 29.9 Å². The van der Waals surface area contributed by atoms with Gasteiger partial charge in [0, 0.05) is 5.92 Å². The summed E-state index contributed by atoms with van der Waals surface area (Å²) in [6.07, 6.45) is -0.653. The standard InChI is InChI=1S/C34H45IN2O10/c1-5-23(3)29(36-33(41)45-18-25-13-9-7-10-14-25)31(39)43-20-27(17-28(38)47-22-35)21-44-32(40)30(24(4)6-2)37-34(42)46-19-26-15-11-8-12-16-26/h7-16,23-24,27,29-30H,5-6,17-22H2,1-4H3,(H,36,41)(H,37,42)/t23-,24-,29-,30-/m0/s1. The Bertz CT molecular complexity index is 1180. The molecule has 13 heteroatoms. The second-order valence-electron chi connectivity index (χ2n) is 11.1. The number of carbonyl (C=O) groups is 5. The van der Waals surface area contributed by atoms with Gasteiger partial charge in [-0.25, -0.2) is 19.2 Å². The Morgan fingerprint density at radius 1 is 0.638 bits per heavy atom. The first kappa shape index (κ1) is 39.3. The third-order valence-corrected chi connectivity index (χ3v) is 7.81. The van der Waals surface area contributed by atoms with Gasteiger partial charge in [-0.05, 0) is 45.6 Å². The van der Waals surface area contributed by atoms with Crippen LogP contribution in [0.15, 0.2) is 60.7 Å². The van der Waals surface area contributed by atoms with Gasteiger partial charge in [0.25, 0.3) is 0 Å². The Morgan fingerprint density at radius 2 is 1.04 bits per heavy atom. The van der Waals surface area contributed by atoms with Crippen molar-refractivity contribution < 1.29 is 47.7 Å². The van der Waals surface area contributed by atoms with E-state index in [9.17, 15) is 24.0 Å². The molecule has 0 radical (unpaired) electrons. The van der Waals surface area contributed by atoms with E-state index >= 15 is 0 Å². The summed E-state index contributed by atoms with van der Waals surface area (Å²) in [7, 11) is 0. The highest BCUT2D eigenvalue weighted by atomic mass is 127. The lowest BCUT2D eigenvalue weighted by Crippen LogP contribution is -2.47. The molecule has 12 nitrogen and oxygen atoms in total. The molecule has 0 saturated carbocycles. The van der Waals surface area contributed by atoms with Crippen molar-refractivity contribution in [2.45, 2.75) is 72.3 Å². The van der Waals surface area contributed by atoms with Crippen LogP contribution in [0.1, 0.15) is 58.1 Å². The summed E-state index contributed by atoms with van der Waals surface area (Å²) < 4.78 is 26.8. The molecule has 0 saturated heterocycles. The summed E-state index contributed by atoms with van der Waals surface area (Å²) in [5.41, 5.74) is 1.58. The lowest BCUT2D eigenvalue weighted by molar-refractivity contribution is -0.156. The van der Waals surface area contributed by atoms with Crippen LogP contribution in [0.2, 0.25) is 0 Å². The number of alkyl carbamates (subject to hydrolysis) is 2. The molecule has 2 amide bonds. The summed E-state index contributed by atoms with van der Waals surface area (Å²) in [6, 6.07) is 16.2. The highest BCUT2D eigenvalue weighted by Gasteiger charge is 2.31. The highest BCUT2D eigenvalue weighted by molar-refractivity contribution is 14.1. The normalized spacial score (nSPS) is 13.3. The lowest BCUT2D eigenvalue weighted by Gasteiger charge is -2.25. The van der Waals surface area contributed by atoms with Crippen LogP contribution in [-0.2, 0) is 51.3 Å². The van der Waals surface area contributed by atoms with Gasteiger partial charge >= 0.3 is 30.1 Å². The number of rotatable bonds is 19. The second-order valence-corrected chi connectivity index (χ2v) is 11.7. The molecule has 2 aromatic rings. The molecule has 2 rings (SSSR count). The molecule has 0 aliphatic heterocycles. The van der Waals surface area contributed by atoms with Crippen molar-refractivity contribution in [2.24, 2.45) is 17.8 Å². The second kappa shape index (κ2) is 21.8. The number of hydrogen-bond acceptors (Lipinski definition) is 10. The fourth-order valence-corrected chi connectivity index (χ4v) is 4.57. The summed E-state index contributed by atoms with van der Waals surface area (Å²) >= 11 is 1.88. The van der Waals surface area contributed by atoms with Gasteiger partial charge in [0.2, 0.25) is 0 Å². The lowest BCUT2D eigenvalue weighted by atomic mass is 9.99. The van der Waals surface area contributed by atoms with Crippen LogP contribution < -0.4 is 10.6 Å². The van der Waals surface area contributed by atoms with Crippen LogP contribution >= 0.6 is 22.6 Å². The molecule has 0 heterocycles. The number of alkyl halides is 1. The average Bonchev–Trinajstić information content (AvgIpc) is 3.08. The van der Waals surface area contributed by atoms with Crippen LogP contribution in [0, 0.1) is 17.8 Å². The third kappa shape index (κ3) is 15.0. The number of nitrogens with one attached hydrogen (secondary N) is 2. The zero-order valence-electron chi connectivity index (χ0n) is 27.3. The maximum Gasteiger partial charge on any atom is 0.408 e. The molecule has 0 aliphatic rings. The molecule has 0 spiro atoms. The largest absolute Gasteiger partial charge is 0.464 e. The predicted octanol–water partition coefficient (Wildman–Crippen LogP) is 5.70. The van der Waals surface area contributed by atoms with Crippen molar-refractivity contribution in [3.8, 4) is 0 Å². The molecule has 258 valence electrons. The quantitative estimate of drug-likeness (QED) is 0.0788. The zero-order valence-corrected chi connectivity index (χ0v) is 29.4. The topological polar surface area (TPSA) is 156 Å². The predicted molar refractivity (Wildman–Crippen MR) is 181 cm³/mol. The number of carbonyl (C=O) groups excluding carboxylic acids is 5. The molecular weight excluding hydrogens is 723 g/mol. The summed E-state index contributed by atoms with van der Waals surface area (Å²) in [6.45, 7) is 6.76. The molecule has 2 aromatic carbocycles. The van der Waals surface area contributed by atoms with Gasteiger partial charge in [0.05, 0.1) is 19.6 Å².